The zero-order chi connectivity index (χ0) is 14.0. The van der Waals surface area contributed by atoms with Crippen molar-refractivity contribution in [1.29, 1.82) is 0 Å². The molecule has 8 nitrogen and oxygen atoms in total. The minimum Gasteiger partial charge on any atom is -0.328 e. The van der Waals surface area contributed by atoms with Crippen molar-refractivity contribution in [2.24, 2.45) is 5.10 Å². The molecular weight excluding hydrogens is 292 g/mol. The summed E-state index contributed by atoms with van der Waals surface area (Å²) in [6, 6.07) is 0. The van der Waals surface area contributed by atoms with Gasteiger partial charge < -0.3 is 9.80 Å². The maximum absolute atomic E-state index is 10.6. The molecule has 0 unspecified atom stereocenters. The first kappa shape index (κ1) is 14.0. The normalized spacial score (nSPS) is 19.2. The smallest absolute Gasteiger partial charge is 0.276 e. The third kappa shape index (κ3) is 3.52. The highest BCUT2D eigenvalue weighted by atomic mass is 35.5. The van der Waals surface area contributed by atoms with Crippen molar-refractivity contribution in [2.75, 3.05) is 27.4 Å². The van der Waals surface area contributed by atoms with Crippen LogP contribution in [0.2, 0.25) is 4.47 Å². The van der Waals surface area contributed by atoms with Crippen LogP contribution in [0.15, 0.2) is 10.5 Å². The maximum Gasteiger partial charge on any atom is 0.276 e. The molecule has 1 fully saturated rings. The molecular formula is C9H13ClN6O2S. The second-order valence-corrected chi connectivity index (χ2v) is 5.70. The lowest BCUT2D eigenvalue weighted by Crippen LogP contribution is -2.56. The van der Waals surface area contributed by atoms with Crippen molar-refractivity contribution in [2.45, 2.75) is 6.54 Å². The van der Waals surface area contributed by atoms with Crippen molar-refractivity contribution < 1.29 is 5.03 Å². The highest BCUT2D eigenvalue weighted by molar-refractivity contribution is 7.13. The van der Waals surface area contributed by atoms with Crippen LogP contribution in [-0.4, -0.2) is 58.1 Å². The molecule has 10 heteroatoms. The Bertz CT molecular complexity index is 507. The predicted molar refractivity (Wildman–Crippen MR) is 72.4 cm³/mol. The average molecular weight is 305 g/mol. The van der Waals surface area contributed by atoms with E-state index in [1.54, 1.807) is 16.8 Å². The van der Waals surface area contributed by atoms with Gasteiger partial charge in [0.2, 0.25) is 0 Å². The number of halogens is 1. The molecule has 19 heavy (non-hydrogen) atoms. The third-order valence-corrected chi connectivity index (χ3v) is 3.57. The van der Waals surface area contributed by atoms with Gasteiger partial charge in [0.1, 0.15) is 5.10 Å². The molecule has 1 saturated heterocycles. The van der Waals surface area contributed by atoms with E-state index in [2.05, 4.69) is 10.1 Å². The summed E-state index contributed by atoms with van der Waals surface area (Å²) in [5.74, 6) is 0.326. The van der Waals surface area contributed by atoms with E-state index in [0.29, 0.717) is 30.3 Å². The van der Waals surface area contributed by atoms with Gasteiger partial charge in [-0.1, -0.05) is 11.6 Å². The molecule has 2 rings (SSSR count). The van der Waals surface area contributed by atoms with Gasteiger partial charge in [0.05, 0.1) is 25.6 Å². The van der Waals surface area contributed by atoms with Gasteiger partial charge in [-0.25, -0.2) is 15.1 Å². The lowest BCUT2D eigenvalue weighted by molar-refractivity contribution is -0.486. The zero-order valence-corrected chi connectivity index (χ0v) is 12.1. The van der Waals surface area contributed by atoms with Crippen LogP contribution < -0.4 is 0 Å². The van der Waals surface area contributed by atoms with Gasteiger partial charge in [-0.15, -0.1) is 11.3 Å². The predicted octanol–water partition coefficient (Wildman–Crippen LogP) is 0.938. The van der Waals surface area contributed by atoms with E-state index in [0.717, 1.165) is 5.69 Å². The van der Waals surface area contributed by atoms with Crippen LogP contribution in [-0.2, 0) is 6.54 Å². The highest BCUT2D eigenvalue weighted by Gasteiger charge is 2.27. The second kappa shape index (κ2) is 5.68. The minimum absolute atomic E-state index is 0.326. The van der Waals surface area contributed by atoms with Crippen molar-refractivity contribution in [3.8, 4) is 0 Å². The lowest BCUT2D eigenvalue weighted by Gasteiger charge is -2.39. The monoisotopic (exact) mass is 304 g/mol. The molecule has 104 valence electrons. The number of nitro groups is 1. The van der Waals surface area contributed by atoms with Gasteiger partial charge in [-0.2, -0.15) is 0 Å². The highest BCUT2D eigenvalue weighted by Crippen LogP contribution is 2.18. The first-order valence-corrected chi connectivity index (χ1v) is 6.69. The number of rotatable bonds is 3. The SMILES string of the molecule is CN1CN(C)/C(=N\[N+](=O)[O-])N(Cc2csc(Cl)n2)C1. The summed E-state index contributed by atoms with van der Waals surface area (Å²) in [4.78, 5) is 20.3. The second-order valence-electron chi connectivity index (χ2n) is 4.26. The molecule has 1 aromatic rings. The number of hydrogen-bond acceptors (Lipinski definition) is 5. The standard InChI is InChI=1S/C9H13ClN6O2S/c1-13-5-14(2)9(12-16(17)18)15(6-13)3-7-4-19-8(10)11-7/h4H,3,5-6H2,1-2H3/b12-9+. The van der Waals surface area contributed by atoms with Gasteiger partial charge in [-0.05, 0) is 7.05 Å². The summed E-state index contributed by atoms with van der Waals surface area (Å²) in [6.45, 7) is 1.57. The molecule has 1 aliphatic heterocycles. The van der Waals surface area contributed by atoms with Crippen LogP contribution in [0, 0.1) is 10.1 Å². The molecule has 0 spiro atoms. The topological polar surface area (TPSA) is 78.1 Å². The van der Waals surface area contributed by atoms with Gasteiger partial charge in [0, 0.05) is 12.4 Å². The molecule has 0 atom stereocenters. The summed E-state index contributed by atoms with van der Waals surface area (Å²) in [5, 5.41) is 15.2. The van der Waals surface area contributed by atoms with Crippen LogP contribution in [0.1, 0.15) is 5.69 Å². The van der Waals surface area contributed by atoms with E-state index >= 15 is 0 Å². The fourth-order valence-electron chi connectivity index (χ4n) is 1.95. The number of hydrogen-bond donors (Lipinski definition) is 0. The van der Waals surface area contributed by atoms with Gasteiger partial charge >= 0.3 is 0 Å². The molecule has 0 bridgehead atoms. The van der Waals surface area contributed by atoms with E-state index in [-0.39, 0.29) is 0 Å². The Balaban J connectivity index is 2.20. The first-order valence-electron chi connectivity index (χ1n) is 5.43. The van der Waals surface area contributed by atoms with Gasteiger partial charge in [0.25, 0.3) is 5.96 Å². The Hall–Kier alpha value is -1.45. The fraction of sp³-hybridized carbons (Fsp3) is 0.556. The van der Waals surface area contributed by atoms with Crippen LogP contribution >= 0.6 is 22.9 Å². The Morgan fingerprint density at radius 2 is 2.32 bits per heavy atom. The maximum atomic E-state index is 10.6. The van der Waals surface area contributed by atoms with E-state index < -0.39 is 5.03 Å². The van der Waals surface area contributed by atoms with E-state index in [1.807, 2.05) is 17.3 Å². The van der Waals surface area contributed by atoms with Crippen LogP contribution in [0.5, 0.6) is 0 Å². The van der Waals surface area contributed by atoms with Crippen molar-refractivity contribution in [3.63, 3.8) is 0 Å². The minimum atomic E-state index is -0.682. The van der Waals surface area contributed by atoms with Gasteiger partial charge in [0.15, 0.2) is 9.50 Å². The quantitative estimate of drug-likeness (QED) is 0.611. The molecule has 1 aromatic heterocycles. The molecule has 0 aromatic carbocycles. The molecule has 2 heterocycles. The fourth-order valence-corrected chi connectivity index (χ4v) is 2.72. The lowest BCUT2D eigenvalue weighted by atomic mass is 10.4. The van der Waals surface area contributed by atoms with E-state index in [1.165, 1.54) is 11.3 Å². The Labute approximate surface area is 119 Å². The molecule has 0 saturated carbocycles. The number of hydrazone groups is 1. The summed E-state index contributed by atoms with van der Waals surface area (Å²) in [6.07, 6.45) is 0. The van der Waals surface area contributed by atoms with E-state index in [9.17, 15) is 10.1 Å². The number of thiazole rings is 1. The Kier molecular flexibility index (Phi) is 4.17. The molecule has 0 N–H and O–H groups in total. The van der Waals surface area contributed by atoms with Crippen molar-refractivity contribution in [1.82, 2.24) is 19.7 Å². The summed E-state index contributed by atoms with van der Waals surface area (Å²) in [7, 11) is 3.69. The number of aromatic nitrogens is 1. The molecule has 1 aliphatic rings. The number of nitrogens with zero attached hydrogens (tertiary/aromatic N) is 6. The Morgan fingerprint density at radius 3 is 2.89 bits per heavy atom. The summed E-state index contributed by atoms with van der Waals surface area (Å²) >= 11 is 7.12. The average Bonchev–Trinajstić information content (AvgIpc) is 2.69. The molecule has 0 radical (unpaired) electrons. The summed E-state index contributed by atoms with van der Waals surface area (Å²) < 4.78 is 0.460. The first-order chi connectivity index (χ1) is 8.95. The van der Waals surface area contributed by atoms with E-state index in [4.69, 9.17) is 11.6 Å². The molecule has 0 aliphatic carbocycles. The van der Waals surface area contributed by atoms with Crippen molar-refractivity contribution in [3.05, 3.63) is 25.7 Å². The third-order valence-electron chi connectivity index (χ3n) is 2.54. The Morgan fingerprint density at radius 1 is 1.58 bits per heavy atom. The van der Waals surface area contributed by atoms with Gasteiger partial charge in [-0.3, -0.25) is 4.90 Å². The summed E-state index contributed by atoms with van der Waals surface area (Å²) in [5.41, 5.74) is 0.773. The number of guanidine groups is 1. The van der Waals surface area contributed by atoms with Crippen molar-refractivity contribution >= 4 is 28.9 Å². The van der Waals surface area contributed by atoms with Crippen LogP contribution in [0.25, 0.3) is 0 Å². The largest absolute Gasteiger partial charge is 0.328 e. The van der Waals surface area contributed by atoms with Crippen LogP contribution in [0.3, 0.4) is 0 Å². The molecule has 0 amide bonds. The zero-order valence-electron chi connectivity index (χ0n) is 10.5. The van der Waals surface area contributed by atoms with Crippen LogP contribution in [0.4, 0.5) is 0 Å².